The van der Waals surface area contributed by atoms with Gasteiger partial charge in [0.25, 0.3) is 11.5 Å². The third-order valence-electron chi connectivity index (χ3n) is 8.03. The second kappa shape index (κ2) is 8.99. The monoisotopic (exact) mass is 507 g/mol. The Morgan fingerprint density at radius 3 is 2.68 bits per heavy atom. The molecule has 0 bridgehead atoms. The minimum absolute atomic E-state index is 0.0197. The van der Waals surface area contributed by atoms with E-state index in [0.29, 0.717) is 42.9 Å². The number of nitrogens with zero attached hydrogens (tertiary/aromatic N) is 3. The minimum Gasteiger partial charge on any atom is -0.381 e. The van der Waals surface area contributed by atoms with Gasteiger partial charge in [0.15, 0.2) is 0 Å². The van der Waals surface area contributed by atoms with Crippen LogP contribution in [0.3, 0.4) is 0 Å². The summed E-state index contributed by atoms with van der Waals surface area (Å²) in [6.07, 6.45) is 4.20. The van der Waals surface area contributed by atoms with E-state index in [-0.39, 0.29) is 17.4 Å². The van der Waals surface area contributed by atoms with Crippen molar-refractivity contribution in [3.8, 4) is 11.3 Å². The van der Waals surface area contributed by atoms with Gasteiger partial charge in [-0.2, -0.15) is 0 Å². The summed E-state index contributed by atoms with van der Waals surface area (Å²) in [5.74, 6) is 1.11. The molecule has 192 valence electrons. The van der Waals surface area contributed by atoms with Crippen LogP contribution in [0.15, 0.2) is 59.5 Å². The number of carbonyl (C=O) groups is 1. The van der Waals surface area contributed by atoms with Gasteiger partial charge in [0, 0.05) is 55.6 Å². The zero-order chi connectivity index (χ0) is 25.8. The van der Waals surface area contributed by atoms with Crippen molar-refractivity contribution in [2.24, 2.45) is 0 Å². The number of imidazole rings is 1. The van der Waals surface area contributed by atoms with E-state index in [2.05, 4.69) is 33.2 Å². The fourth-order valence-corrected chi connectivity index (χ4v) is 5.97. The third kappa shape index (κ3) is 3.75. The van der Waals surface area contributed by atoms with Gasteiger partial charge < -0.3 is 19.6 Å². The maximum absolute atomic E-state index is 13.8. The van der Waals surface area contributed by atoms with Crippen molar-refractivity contribution in [1.29, 1.82) is 0 Å². The highest BCUT2D eigenvalue weighted by Crippen LogP contribution is 2.30. The first-order valence-corrected chi connectivity index (χ1v) is 13.2. The summed E-state index contributed by atoms with van der Waals surface area (Å²) in [5.41, 5.74) is 7.90. The van der Waals surface area contributed by atoms with Crippen LogP contribution in [0.1, 0.15) is 51.8 Å². The summed E-state index contributed by atoms with van der Waals surface area (Å²) in [6, 6.07) is 16.2. The molecule has 0 radical (unpaired) electrons. The Hall–Kier alpha value is -4.17. The fraction of sp³-hybridized carbons (Fsp3) is 0.300. The van der Waals surface area contributed by atoms with E-state index >= 15 is 0 Å². The lowest BCUT2D eigenvalue weighted by Crippen LogP contribution is -2.36. The summed E-state index contributed by atoms with van der Waals surface area (Å²) in [4.78, 5) is 39.8. The zero-order valence-electron chi connectivity index (χ0n) is 21.3. The number of H-pyrrole nitrogens is 2. The van der Waals surface area contributed by atoms with Crippen LogP contribution in [0.4, 0.5) is 0 Å². The van der Waals surface area contributed by atoms with Crippen LogP contribution in [0, 0.1) is 6.92 Å². The van der Waals surface area contributed by atoms with Crippen LogP contribution in [0.5, 0.6) is 0 Å². The molecule has 8 heteroatoms. The van der Waals surface area contributed by atoms with Gasteiger partial charge in [-0.25, -0.2) is 4.98 Å². The maximum Gasteiger partial charge on any atom is 0.274 e. The number of aromatic nitrogens is 4. The first kappa shape index (κ1) is 23.0. The molecule has 8 nitrogen and oxygen atoms in total. The first-order chi connectivity index (χ1) is 18.6. The molecule has 0 saturated carbocycles. The minimum atomic E-state index is -0.200. The van der Waals surface area contributed by atoms with Gasteiger partial charge in [-0.15, -0.1) is 0 Å². The van der Waals surface area contributed by atoms with Crippen molar-refractivity contribution < 1.29 is 9.53 Å². The van der Waals surface area contributed by atoms with E-state index in [1.165, 1.54) is 5.69 Å². The van der Waals surface area contributed by atoms with Gasteiger partial charge in [-0.1, -0.05) is 30.3 Å². The normalized spacial score (nSPS) is 16.3. The predicted octanol–water partition coefficient (Wildman–Crippen LogP) is 4.57. The lowest BCUT2D eigenvalue weighted by molar-refractivity contribution is 0.0733. The van der Waals surface area contributed by atoms with Gasteiger partial charge in [-0.3, -0.25) is 14.0 Å². The molecule has 5 aromatic rings. The summed E-state index contributed by atoms with van der Waals surface area (Å²) in [6.45, 7) is 4.56. The molecule has 0 aliphatic carbocycles. The van der Waals surface area contributed by atoms with E-state index in [9.17, 15) is 9.59 Å². The van der Waals surface area contributed by atoms with Crippen LogP contribution in [-0.4, -0.2) is 49.9 Å². The number of benzene rings is 2. The molecule has 38 heavy (non-hydrogen) atoms. The number of amides is 1. The lowest BCUT2D eigenvalue weighted by Gasteiger charge is -2.27. The molecule has 3 aromatic heterocycles. The Balaban J connectivity index is 1.24. The third-order valence-corrected chi connectivity index (χ3v) is 8.03. The van der Waals surface area contributed by atoms with Gasteiger partial charge in [0.05, 0.1) is 17.2 Å². The van der Waals surface area contributed by atoms with Gasteiger partial charge in [0.2, 0.25) is 0 Å². The topological polar surface area (TPSA) is 95.5 Å². The quantitative estimate of drug-likeness (QED) is 0.374. The van der Waals surface area contributed by atoms with Gasteiger partial charge >= 0.3 is 0 Å². The number of hydrogen-bond acceptors (Lipinski definition) is 4. The van der Waals surface area contributed by atoms with E-state index in [0.717, 1.165) is 53.0 Å². The van der Waals surface area contributed by atoms with Crippen LogP contribution in [0.2, 0.25) is 0 Å². The van der Waals surface area contributed by atoms with E-state index in [1.54, 1.807) is 6.20 Å². The molecule has 5 heterocycles. The van der Waals surface area contributed by atoms with E-state index in [1.807, 2.05) is 46.6 Å². The number of aromatic amines is 2. The highest BCUT2D eigenvalue weighted by atomic mass is 16.5. The van der Waals surface area contributed by atoms with Crippen molar-refractivity contribution in [3.63, 3.8) is 0 Å². The molecular formula is C30H29N5O3. The van der Waals surface area contributed by atoms with Crippen molar-refractivity contribution in [2.75, 3.05) is 19.8 Å². The molecule has 7 rings (SSSR count). The van der Waals surface area contributed by atoms with Crippen LogP contribution < -0.4 is 5.56 Å². The highest BCUT2D eigenvalue weighted by molar-refractivity contribution is 5.99. The average Bonchev–Trinajstić information content (AvgIpc) is 3.59. The number of nitrogens with one attached hydrogen (secondary N) is 2. The number of hydrogen-bond donors (Lipinski definition) is 2. The molecular weight excluding hydrogens is 478 g/mol. The fourth-order valence-electron chi connectivity index (χ4n) is 5.97. The number of ether oxygens (including phenoxy) is 1. The number of aryl methyl sites for hydroxylation is 1. The van der Waals surface area contributed by atoms with Crippen molar-refractivity contribution in [1.82, 2.24) is 24.3 Å². The number of rotatable bonds is 3. The van der Waals surface area contributed by atoms with Crippen molar-refractivity contribution in [2.45, 2.75) is 38.6 Å². The van der Waals surface area contributed by atoms with Crippen LogP contribution in [-0.2, 0) is 17.7 Å². The van der Waals surface area contributed by atoms with Gasteiger partial charge in [0.1, 0.15) is 11.3 Å². The van der Waals surface area contributed by atoms with E-state index in [4.69, 9.17) is 4.74 Å². The van der Waals surface area contributed by atoms with Crippen LogP contribution >= 0.6 is 0 Å². The van der Waals surface area contributed by atoms with Gasteiger partial charge in [-0.05, 0) is 54.7 Å². The Morgan fingerprint density at radius 1 is 1.05 bits per heavy atom. The molecule has 0 atom stereocenters. The molecule has 2 aliphatic rings. The predicted molar refractivity (Wildman–Crippen MR) is 146 cm³/mol. The van der Waals surface area contributed by atoms with Crippen molar-refractivity contribution >= 4 is 22.5 Å². The highest BCUT2D eigenvalue weighted by Gasteiger charge is 2.27. The molecule has 1 saturated heterocycles. The maximum atomic E-state index is 13.8. The molecule has 0 unspecified atom stereocenters. The molecule has 0 spiro atoms. The largest absolute Gasteiger partial charge is 0.381 e. The first-order valence-electron chi connectivity index (χ1n) is 13.2. The molecule has 2 N–H and O–H groups in total. The Bertz CT molecular complexity index is 1740. The molecule has 2 aromatic carbocycles. The smallest absolute Gasteiger partial charge is 0.274 e. The number of fused-ring (bicyclic) bond motifs is 4. The Labute approximate surface area is 219 Å². The SMILES string of the molecule is Cc1cc2c(cc1C(=O)N1CCc3[nH]c(-c4ccccc4)cc3C1)[nH]c(=O)c1cnc(C3CCOCC3)n12. The molecule has 2 aliphatic heterocycles. The van der Waals surface area contributed by atoms with Crippen LogP contribution in [0.25, 0.3) is 27.8 Å². The average molecular weight is 508 g/mol. The number of carbonyl (C=O) groups excluding carboxylic acids is 1. The standard InChI is InChI=1S/C30H29N5O3/c1-18-13-26-25(33-29(36)27-16-31-28(35(26)27)20-8-11-38-12-9-20)15-22(18)30(37)34-10-7-23-21(17-34)14-24(32-23)19-5-3-2-4-6-19/h2-6,13-16,20,32H,7-12,17H2,1H3,(H,33,36). The van der Waals surface area contributed by atoms with Crippen molar-refractivity contribution in [3.05, 3.63) is 93.3 Å². The summed E-state index contributed by atoms with van der Waals surface area (Å²) < 4.78 is 7.51. The molecule has 1 fully saturated rings. The zero-order valence-corrected chi connectivity index (χ0v) is 21.3. The van der Waals surface area contributed by atoms with E-state index < -0.39 is 0 Å². The summed E-state index contributed by atoms with van der Waals surface area (Å²) in [7, 11) is 0. The molecule has 1 amide bonds. The Morgan fingerprint density at radius 2 is 1.87 bits per heavy atom. The second-order valence-corrected chi connectivity index (χ2v) is 10.4. The lowest BCUT2D eigenvalue weighted by atomic mass is 9.99. The Kier molecular flexibility index (Phi) is 5.44. The second-order valence-electron chi connectivity index (χ2n) is 10.4. The summed E-state index contributed by atoms with van der Waals surface area (Å²) in [5, 5.41) is 0. The summed E-state index contributed by atoms with van der Waals surface area (Å²) >= 11 is 0.